The van der Waals surface area contributed by atoms with E-state index in [4.69, 9.17) is 21.1 Å². The van der Waals surface area contributed by atoms with Gasteiger partial charge in [-0.05, 0) is 35.9 Å². The van der Waals surface area contributed by atoms with Gasteiger partial charge >= 0.3 is 0 Å². The normalized spacial score (nSPS) is 14.9. The lowest BCUT2D eigenvalue weighted by Crippen LogP contribution is -2.18. The van der Waals surface area contributed by atoms with E-state index in [0.717, 1.165) is 17.5 Å². The van der Waals surface area contributed by atoms with Crippen LogP contribution in [0.5, 0.6) is 5.88 Å². The summed E-state index contributed by atoms with van der Waals surface area (Å²) >= 11 is 6.42. The number of ether oxygens (including phenoxy) is 2. The molecule has 0 radical (unpaired) electrons. The summed E-state index contributed by atoms with van der Waals surface area (Å²) in [5, 5.41) is 9.39. The van der Waals surface area contributed by atoms with Gasteiger partial charge < -0.3 is 30.4 Å². The molecule has 1 aliphatic heterocycles. The molecule has 0 bridgehead atoms. The predicted octanol–water partition coefficient (Wildman–Crippen LogP) is 3.91. The quantitative estimate of drug-likeness (QED) is 0.290. The third-order valence-corrected chi connectivity index (χ3v) is 6.37. The number of hydrogen-bond acceptors (Lipinski definition) is 7. The first-order valence-electron chi connectivity index (χ1n) is 11.7. The van der Waals surface area contributed by atoms with Gasteiger partial charge in [-0.15, -0.1) is 0 Å². The number of nitrogens with one attached hydrogen (secondary N) is 4. The minimum Gasteiger partial charge on any atom is -0.471 e. The largest absolute Gasteiger partial charge is 0.471 e. The molecule has 0 aliphatic carbocycles. The van der Waals surface area contributed by atoms with Crippen molar-refractivity contribution in [2.45, 2.75) is 12.5 Å². The molecule has 2 aromatic carbocycles. The maximum absolute atomic E-state index is 11.9. The molecule has 1 saturated heterocycles. The number of aromatic nitrogens is 3. The number of carbonyl (C=O) groups excluding carboxylic acids is 2. The van der Waals surface area contributed by atoms with E-state index >= 15 is 0 Å². The first-order valence-corrected chi connectivity index (χ1v) is 12.1. The molecule has 1 fully saturated rings. The van der Waals surface area contributed by atoms with Crippen molar-refractivity contribution >= 4 is 46.1 Å². The molecule has 1 unspecified atom stereocenters. The SMILES string of the molecule is CNC(=O)c1ccc(-c2c[nH]c3nc(Nc4ccc(C(=O)NC)cc4Cl)nc(OC4CCOC4)c23)cc1. The second-order valence-corrected chi connectivity index (χ2v) is 8.84. The van der Waals surface area contributed by atoms with Crippen molar-refractivity contribution in [1.29, 1.82) is 0 Å². The van der Waals surface area contributed by atoms with Gasteiger partial charge in [-0.1, -0.05) is 23.7 Å². The molecule has 190 valence electrons. The summed E-state index contributed by atoms with van der Waals surface area (Å²) in [5.74, 6) is 0.284. The molecular formula is C26H25ClN6O4. The number of nitrogens with zero attached hydrogens (tertiary/aromatic N) is 2. The molecule has 4 aromatic rings. The number of anilines is 2. The molecule has 0 spiro atoms. The van der Waals surface area contributed by atoms with Gasteiger partial charge in [-0.25, -0.2) is 0 Å². The first-order chi connectivity index (χ1) is 18.0. The molecule has 3 heterocycles. The first kappa shape index (κ1) is 24.5. The van der Waals surface area contributed by atoms with E-state index in [1.54, 1.807) is 44.4 Å². The fourth-order valence-corrected chi connectivity index (χ4v) is 4.33. The van der Waals surface area contributed by atoms with Crippen LogP contribution in [0.25, 0.3) is 22.2 Å². The van der Waals surface area contributed by atoms with E-state index < -0.39 is 0 Å². The molecule has 2 amide bonds. The minimum atomic E-state index is -0.233. The number of rotatable bonds is 7. The van der Waals surface area contributed by atoms with Crippen molar-refractivity contribution in [3.05, 3.63) is 64.8 Å². The van der Waals surface area contributed by atoms with Gasteiger partial charge in [-0.3, -0.25) is 9.59 Å². The summed E-state index contributed by atoms with van der Waals surface area (Å²) in [7, 11) is 3.15. The Bertz CT molecular complexity index is 1460. The van der Waals surface area contributed by atoms with E-state index in [0.29, 0.717) is 52.0 Å². The van der Waals surface area contributed by atoms with Gasteiger partial charge in [-0.2, -0.15) is 9.97 Å². The van der Waals surface area contributed by atoms with Crippen LogP contribution in [0.15, 0.2) is 48.7 Å². The molecule has 11 heteroatoms. The van der Waals surface area contributed by atoms with Crippen molar-refractivity contribution in [3.8, 4) is 17.0 Å². The van der Waals surface area contributed by atoms with Crippen LogP contribution in [0.1, 0.15) is 27.1 Å². The van der Waals surface area contributed by atoms with Crippen LogP contribution in [0.4, 0.5) is 11.6 Å². The number of benzene rings is 2. The zero-order valence-electron chi connectivity index (χ0n) is 20.2. The van der Waals surface area contributed by atoms with Crippen LogP contribution in [-0.4, -0.2) is 60.2 Å². The lowest BCUT2D eigenvalue weighted by atomic mass is 10.0. The highest BCUT2D eigenvalue weighted by Crippen LogP contribution is 2.36. The van der Waals surface area contributed by atoms with Crippen molar-refractivity contribution in [3.63, 3.8) is 0 Å². The molecule has 2 aromatic heterocycles. The highest BCUT2D eigenvalue weighted by molar-refractivity contribution is 6.33. The van der Waals surface area contributed by atoms with E-state index in [9.17, 15) is 9.59 Å². The highest BCUT2D eigenvalue weighted by Gasteiger charge is 2.23. The summed E-state index contributed by atoms with van der Waals surface area (Å²) in [6.07, 6.45) is 2.45. The Morgan fingerprint density at radius 3 is 2.46 bits per heavy atom. The Labute approximate surface area is 217 Å². The number of carbonyl (C=O) groups is 2. The number of H-pyrrole nitrogens is 1. The van der Waals surface area contributed by atoms with E-state index in [-0.39, 0.29) is 23.9 Å². The number of halogens is 1. The Kier molecular flexibility index (Phi) is 6.93. The lowest BCUT2D eigenvalue weighted by molar-refractivity contribution is 0.0955. The Morgan fingerprint density at radius 1 is 1.05 bits per heavy atom. The molecule has 5 rings (SSSR count). The smallest absolute Gasteiger partial charge is 0.251 e. The minimum absolute atomic E-state index is 0.139. The van der Waals surface area contributed by atoms with E-state index in [2.05, 4.69) is 30.9 Å². The fraction of sp³-hybridized carbons (Fsp3) is 0.231. The zero-order chi connectivity index (χ0) is 25.9. The van der Waals surface area contributed by atoms with Gasteiger partial charge in [0.2, 0.25) is 11.8 Å². The summed E-state index contributed by atoms with van der Waals surface area (Å²) < 4.78 is 11.8. The van der Waals surface area contributed by atoms with Gasteiger partial charge in [0.15, 0.2) is 0 Å². The lowest BCUT2D eigenvalue weighted by Gasteiger charge is -2.15. The zero-order valence-corrected chi connectivity index (χ0v) is 21.0. The van der Waals surface area contributed by atoms with Gasteiger partial charge in [0.25, 0.3) is 11.8 Å². The van der Waals surface area contributed by atoms with Crippen LogP contribution in [-0.2, 0) is 4.74 Å². The monoisotopic (exact) mass is 520 g/mol. The molecule has 1 aliphatic rings. The molecule has 1 atom stereocenters. The van der Waals surface area contributed by atoms with Crippen molar-refractivity contribution in [2.24, 2.45) is 0 Å². The molecule has 10 nitrogen and oxygen atoms in total. The van der Waals surface area contributed by atoms with Crippen LogP contribution in [0.3, 0.4) is 0 Å². The Morgan fingerprint density at radius 2 is 1.78 bits per heavy atom. The number of aromatic amines is 1. The van der Waals surface area contributed by atoms with Crippen LogP contribution >= 0.6 is 11.6 Å². The van der Waals surface area contributed by atoms with Gasteiger partial charge in [0.1, 0.15) is 11.8 Å². The number of amides is 2. The maximum atomic E-state index is 11.9. The summed E-state index contributed by atoms with van der Waals surface area (Å²) in [5.41, 5.74) is 3.83. The Hall–Kier alpha value is -4.15. The Balaban J connectivity index is 1.53. The average Bonchev–Trinajstić information content (AvgIpc) is 3.59. The van der Waals surface area contributed by atoms with Crippen molar-refractivity contribution < 1.29 is 19.1 Å². The van der Waals surface area contributed by atoms with E-state index in [1.807, 2.05) is 18.3 Å². The van der Waals surface area contributed by atoms with Gasteiger partial charge in [0.05, 0.1) is 29.3 Å². The number of fused-ring (bicyclic) bond motifs is 1. The highest BCUT2D eigenvalue weighted by atomic mass is 35.5. The molecule has 0 saturated carbocycles. The third-order valence-electron chi connectivity index (χ3n) is 6.05. The summed E-state index contributed by atoms with van der Waals surface area (Å²) in [6.45, 7) is 1.10. The van der Waals surface area contributed by atoms with Crippen LogP contribution < -0.4 is 20.7 Å². The van der Waals surface area contributed by atoms with Crippen molar-refractivity contribution in [2.75, 3.05) is 32.6 Å². The second kappa shape index (κ2) is 10.5. The summed E-state index contributed by atoms with van der Waals surface area (Å²) in [6, 6.07) is 12.2. The molecule has 4 N–H and O–H groups in total. The predicted molar refractivity (Wildman–Crippen MR) is 141 cm³/mol. The molecule has 37 heavy (non-hydrogen) atoms. The second-order valence-electron chi connectivity index (χ2n) is 8.44. The van der Waals surface area contributed by atoms with Crippen molar-refractivity contribution in [1.82, 2.24) is 25.6 Å². The molecular weight excluding hydrogens is 496 g/mol. The van der Waals surface area contributed by atoms with Crippen LogP contribution in [0, 0.1) is 0 Å². The average molecular weight is 521 g/mol. The maximum Gasteiger partial charge on any atom is 0.251 e. The topological polar surface area (TPSA) is 130 Å². The summed E-state index contributed by atoms with van der Waals surface area (Å²) in [4.78, 5) is 36.4. The standard InChI is InChI=1S/C26H25ClN6O4/c1-28-23(34)15-5-3-14(4-6-15)18-12-30-22-21(18)25(37-17-9-10-36-13-17)33-26(32-22)31-20-8-7-16(11-19(20)27)24(35)29-2/h3-8,11-12,17H,9-10,13H2,1-2H3,(H,28,34)(H,29,35)(H2,30,31,32,33). The number of hydrogen-bond donors (Lipinski definition) is 4. The van der Waals surface area contributed by atoms with Gasteiger partial charge in [0, 0.05) is 43.4 Å². The van der Waals surface area contributed by atoms with Crippen LogP contribution in [0.2, 0.25) is 5.02 Å². The van der Waals surface area contributed by atoms with E-state index in [1.165, 1.54) is 0 Å². The third kappa shape index (κ3) is 5.07. The fourth-order valence-electron chi connectivity index (χ4n) is 4.10.